The third kappa shape index (κ3) is 10.6. The van der Waals surface area contributed by atoms with Crippen LogP contribution in [-0.2, 0) is 40.1 Å². The number of nitrogens with two attached hydrogens (primary N) is 3. The summed E-state index contributed by atoms with van der Waals surface area (Å²) in [6.07, 6.45) is -2.03. The van der Waals surface area contributed by atoms with Crippen molar-refractivity contribution in [3.63, 3.8) is 0 Å². The summed E-state index contributed by atoms with van der Waals surface area (Å²) in [5, 5.41) is 2.87. The van der Waals surface area contributed by atoms with Crippen LogP contribution < -0.4 is 22.5 Å². The molecule has 7 N–H and O–H groups in total. The zero-order valence-corrected chi connectivity index (χ0v) is 22.7. The van der Waals surface area contributed by atoms with Crippen molar-refractivity contribution in [2.24, 2.45) is 17.2 Å². The van der Waals surface area contributed by atoms with Crippen LogP contribution >= 0.6 is 0 Å². The fraction of sp³-hybridized carbons (Fsp3) is 0.464. The van der Waals surface area contributed by atoms with E-state index in [1.165, 1.54) is 16.5 Å². The molecule has 2 aromatic carbocycles. The Balaban J connectivity index is 0.000000315. The highest BCUT2D eigenvalue weighted by Crippen LogP contribution is 2.32. The molecule has 1 heterocycles. The van der Waals surface area contributed by atoms with E-state index in [0.717, 1.165) is 30.5 Å². The zero-order chi connectivity index (χ0) is 29.7. The average Bonchev–Trinajstić information content (AvgIpc) is 3.35. The molecule has 0 saturated carbocycles. The number of nitrogens with zero attached hydrogens (tertiary/aromatic N) is 2. The second-order valence-electron chi connectivity index (χ2n) is 9.69. The molecule has 0 aromatic heterocycles. The molecule has 3 rings (SSSR count). The first kappa shape index (κ1) is 32.7. The van der Waals surface area contributed by atoms with Crippen LogP contribution in [0.2, 0.25) is 0 Å². The maximum absolute atomic E-state index is 12.4. The van der Waals surface area contributed by atoms with Gasteiger partial charge < -0.3 is 32.3 Å². The van der Waals surface area contributed by atoms with Crippen LogP contribution in [0.15, 0.2) is 48.5 Å². The molecular weight excluding hydrogens is 525 g/mol. The molecule has 9 nitrogen and oxygen atoms in total. The number of halogens is 3. The zero-order valence-electron chi connectivity index (χ0n) is 22.7. The number of hydrogen-bond donors (Lipinski definition) is 4. The van der Waals surface area contributed by atoms with Crippen molar-refractivity contribution in [2.75, 3.05) is 26.2 Å². The van der Waals surface area contributed by atoms with E-state index in [9.17, 15) is 27.6 Å². The Morgan fingerprint density at radius 3 is 2.25 bits per heavy atom. The Bertz CT molecular complexity index is 1090. The molecule has 0 radical (unpaired) electrons. The van der Waals surface area contributed by atoms with Gasteiger partial charge >= 0.3 is 6.18 Å². The largest absolute Gasteiger partial charge is 0.416 e. The summed E-state index contributed by atoms with van der Waals surface area (Å²) < 4.78 is 37.1. The van der Waals surface area contributed by atoms with E-state index in [-0.39, 0.29) is 30.8 Å². The molecule has 40 heavy (non-hydrogen) atoms. The summed E-state index contributed by atoms with van der Waals surface area (Å²) in [5.41, 5.74) is 18.8. The Labute approximate surface area is 232 Å². The Hall–Kier alpha value is -3.48. The summed E-state index contributed by atoms with van der Waals surface area (Å²) in [5.74, 6) is -0.509. The molecule has 1 aliphatic rings. The van der Waals surface area contributed by atoms with Crippen LogP contribution in [0.25, 0.3) is 0 Å². The highest BCUT2D eigenvalue weighted by molar-refractivity contribution is 5.88. The van der Waals surface area contributed by atoms with Crippen molar-refractivity contribution in [3.8, 4) is 0 Å². The van der Waals surface area contributed by atoms with E-state index in [2.05, 4.69) is 17.4 Å². The molecule has 2 aromatic rings. The average molecular weight is 565 g/mol. The van der Waals surface area contributed by atoms with Crippen LogP contribution in [0.5, 0.6) is 0 Å². The molecule has 0 spiro atoms. The fourth-order valence-corrected chi connectivity index (χ4v) is 4.20. The van der Waals surface area contributed by atoms with E-state index < -0.39 is 17.8 Å². The van der Waals surface area contributed by atoms with Gasteiger partial charge in [0.15, 0.2) is 0 Å². The normalized spacial score (nSPS) is 13.9. The van der Waals surface area contributed by atoms with Gasteiger partial charge in [-0.2, -0.15) is 13.2 Å². The first-order chi connectivity index (χ1) is 19.0. The predicted molar refractivity (Wildman–Crippen MR) is 146 cm³/mol. The minimum atomic E-state index is -4.32. The summed E-state index contributed by atoms with van der Waals surface area (Å²) in [6.45, 7) is 4.13. The Morgan fingerprint density at radius 1 is 1.05 bits per heavy atom. The topological polar surface area (TPSA) is 148 Å². The third-order valence-electron chi connectivity index (χ3n) is 6.41. The number of aryl methyl sites for hydroxylation is 1. The van der Waals surface area contributed by atoms with Gasteiger partial charge in [0.1, 0.15) is 0 Å². The standard InChI is InChI=1S/C18H31N5O2.C10H8F3NO/c1-14(7-8-15-5-3-2-4-6-15)22-18(25)16(21)13-17(24)23(11-9-19)12-10-20;11-10(12,13)9-2-1-7-4-14(6-15)5-8(7)3-9/h2-6,14,16H,7-13,19-21H2,1H3,(H,22,25);1-3,6H,4-5H2. The third-order valence-corrected chi connectivity index (χ3v) is 6.41. The number of carbonyl (C=O) groups excluding carboxylic acids is 3. The van der Waals surface area contributed by atoms with Crippen molar-refractivity contribution < 1.29 is 27.6 Å². The molecule has 12 heteroatoms. The predicted octanol–water partition coefficient (Wildman–Crippen LogP) is 1.76. The van der Waals surface area contributed by atoms with Crippen LogP contribution in [0.3, 0.4) is 0 Å². The smallest absolute Gasteiger partial charge is 0.352 e. The van der Waals surface area contributed by atoms with E-state index in [1.807, 2.05) is 25.1 Å². The number of carbonyl (C=O) groups is 3. The molecule has 0 bridgehead atoms. The first-order valence-electron chi connectivity index (χ1n) is 13.1. The molecule has 0 saturated heterocycles. The lowest BCUT2D eigenvalue weighted by Gasteiger charge is -2.23. The maximum Gasteiger partial charge on any atom is 0.416 e. The molecule has 3 amide bonds. The quantitative estimate of drug-likeness (QED) is 0.289. The number of benzene rings is 2. The molecule has 2 atom stereocenters. The highest BCUT2D eigenvalue weighted by Gasteiger charge is 2.32. The molecule has 0 aliphatic carbocycles. The van der Waals surface area contributed by atoms with Gasteiger partial charge in [-0.3, -0.25) is 14.4 Å². The summed E-state index contributed by atoms with van der Waals surface area (Å²) in [4.78, 5) is 37.8. The lowest BCUT2D eigenvalue weighted by molar-refractivity contribution is -0.137. The molecule has 1 aliphatic heterocycles. The van der Waals surface area contributed by atoms with Crippen molar-refractivity contribution >= 4 is 18.2 Å². The number of alkyl halides is 3. The number of nitrogens with one attached hydrogen (secondary N) is 1. The second kappa shape index (κ2) is 15.9. The van der Waals surface area contributed by atoms with E-state index >= 15 is 0 Å². The van der Waals surface area contributed by atoms with E-state index in [4.69, 9.17) is 17.2 Å². The lowest BCUT2D eigenvalue weighted by atomic mass is 10.1. The number of amides is 3. The summed E-state index contributed by atoms with van der Waals surface area (Å²) in [7, 11) is 0. The van der Waals surface area contributed by atoms with Gasteiger partial charge in [-0.25, -0.2) is 0 Å². The number of hydrogen-bond acceptors (Lipinski definition) is 6. The van der Waals surface area contributed by atoms with Crippen LogP contribution in [0, 0.1) is 0 Å². The van der Waals surface area contributed by atoms with Gasteiger partial charge in [0, 0.05) is 45.3 Å². The minimum absolute atomic E-state index is 0.0157. The van der Waals surface area contributed by atoms with Crippen molar-refractivity contribution in [2.45, 2.75) is 57.5 Å². The SMILES string of the molecule is CC(CCc1ccccc1)NC(=O)C(N)CC(=O)N(CCN)CCN.O=CN1Cc2ccc(C(F)(F)F)cc2C1. The first-order valence-corrected chi connectivity index (χ1v) is 13.1. The molecule has 0 fully saturated rings. The Morgan fingerprint density at radius 2 is 1.68 bits per heavy atom. The van der Waals surface area contributed by atoms with Crippen molar-refractivity contribution in [3.05, 3.63) is 70.8 Å². The van der Waals surface area contributed by atoms with Gasteiger partial charge in [-0.15, -0.1) is 0 Å². The maximum atomic E-state index is 12.4. The highest BCUT2D eigenvalue weighted by atomic mass is 19.4. The lowest BCUT2D eigenvalue weighted by Crippen LogP contribution is -2.48. The van der Waals surface area contributed by atoms with Gasteiger partial charge in [0.05, 0.1) is 18.0 Å². The molecule has 220 valence electrons. The van der Waals surface area contributed by atoms with Crippen molar-refractivity contribution in [1.29, 1.82) is 0 Å². The summed E-state index contributed by atoms with van der Waals surface area (Å²) in [6, 6.07) is 12.8. The number of fused-ring (bicyclic) bond motifs is 1. The molecule has 2 unspecified atom stereocenters. The monoisotopic (exact) mass is 564 g/mol. The second-order valence-corrected chi connectivity index (χ2v) is 9.69. The van der Waals surface area contributed by atoms with Crippen LogP contribution in [0.1, 0.15) is 42.0 Å². The Kier molecular flexibility index (Phi) is 13.0. The summed E-state index contributed by atoms with van der Waals surface area (Å²) >= 11 is 0. The van der Waals surface area contributed by atoms with Crippen LogP contribution in [-0.4, -0.2) is 66.3 Å². The van der Waals surface area contributed by atoms with Gasteiger partial charge in [0.25, 0.3) is 0 Å². The van der Waals surface area contributed by atoms with E-state index in [0.29, 0.717) is 44.7 Å². The van der Waals surface area contributed by atoms with E-state index in [1.54, 1.807) is 4.90 Å². The van der Waals surface area contributed by atoms with Gasteiger partial charge in [0.2, 0.25) is 18.2 Å². The fourth-order valence-electron chi connectivity index (χ4n) is 4.20. The minimum Gasteiger partial charge on any atom is -0.352 e. The van der Waals surface area contributed by atoms with Gasteiger partial charge in [-0.1, -0.05) is 36.4 Å². The van der Waals surface area contributed by atoms with Crippen molar-refractivity contribution in [1.82, 2.24) is 15.1 Å². The number of rotatable bonds is 12. The molecular formula is C28H39F3N6O3. The van der Waals surface area contributed by atoms with Crippen LogP contribution in [0.4, 0.5) is 13.2 Å². The van der Waals surface area contributed by atoms with Gasteiger partial charge in [-0.05, 0) is 48.6 Å².